The van der Waals surface area contributed by atoms with Crippen LogP contribution in [0, 0.1) is 5.92 Å². The molecule has 82 valence electrons. The Labute approximate surface area is 91.4 Å². The van der Waals surface area contributed by atoms with Crippen molar-refractivity contribution in [3.05, 3.63) is 23.9 Å². The first kappa shape index (κ1) is 10.5. The molecule has 1 saturated carbocycles. The van der Waals surface area contributed by atoms with Gasteiger partial charge in [0.15, 0.2) is 5.89 Å². The first-order valence-electron chi connectivity index (χ1n) is 6.01. The van der Waals surface area contributed by atoms with E-state index < -0.39 is 0 Å². The lowest BCUT2D eigenvalue weighted by molar-refractivity contribution is 0.420. The maximum Gasteiger partial charge on any atom is 0.194 e. The monoisotopic (exact) mass is 205 g/mol. The van der Waals surface area contributed by atoms with Crippen molar-refractivity contribution in [2.75, 3.05) is 0 Å². The van der Waals surface area contributed by atoms with E-state index in [0.717, 1.165) is 23.9 Å². The summed E-state index contributed by atoms with van der Waals surface area (Å²) in [5, 5.41) is 0. The number of oxazole rings is 1. The summed E-state index contributed by atoms with van der Waals surface area (Å²) in [6, 6.07) is 0. The summed E-state index contributed by atoms with van der Waals surface area (Å²) in [5.41, 5.74) is 0.970. The molecule has 0 aromatic carbocycles. The van der Waals surface area contributed by atoms with Crippen LogP contribution in [0.5, 0.6) is 0 Å². The second-order valence-electron chi connectivity index (χ2n) is 4.28. The van der Waals surface area contributed by atoms with Crippen LogP contribution in [-0.4, -0.2) is 4.98 Å². The van der Waals surface area contributed by atoms with E-state index in [-0.39, 0.29) is 0 Å². The summed E-state index contributed by atoms with van der Waals surface area (Å²) in [6.07, 6.45) is 13.9. The molecule has 0 bridgehead atoms. The molecule has 0 atom stereocenters. The molecule has 0 spiro atoms. The normalized spacial score (nSPS) is 18.7. The van der Waals surface area contributed by atoms with Crippen LogP contribution in [-0.2, 0) is 6.42 Å². The van der Waals surface area contributed by atoms with Gasteiger partial charge in [0.2, 0.25) is 0 Å². The molecule has 1 aliphatic carbocycles. The second-order valence-corrected chi connectivity index (χ2v) is 4.28. The highest BCUT2D eigenvalue weighted by molar-refractivity contribution is 5.43. The molecule has 1 heterocycles. The summed E-state index contributed by atoms with van der Waals surface area (Å²) >= 11 is 0. The van der Waals surface area contributed by atoms with Crippen LogP contribution in [0.25, 0.3) is 6.08 Å². The Hall–Kier alpha value is -1.05. The molecule has 0 aliphatic heterocycles. The van der Waals surface area contributed by atoms with Gasteiger partial charge in [0, 0.05) is 6.42 Å². The van der Waals surface area contributed by atoms with Gasteiger partial charge in [-0.2, -0.15) is 0 Å². The molecule has 0 amide bonds. The van der Waals surface area contributed by atoms with Gasteiger partial charge in [-0.25, -0.2) is 4.98 Å². The summed E-state index contributed by atoms with van der Waals surface area (Å²) < 4.78 is 5.29. The van der Waals surface area contributed by atoms with Gasteiger partial charge in [-0.3, -0.25) is 0 Å². The summed E-state index contributed by atoms with van der Waals surface area (Å²) in [4.78, 5) is 4.36. The molecule has 0 unspecified atom stereocenters. The zero-order valence-electron chi connectivity index (χ0n) is 9.41. The number of allylic oxidation sites excluding steroid dienone is 1. The molecule has 1 aromatic heterocycles. The van der Waals surface area contributed by atoms with E-state index in [0.29, 0.717) is 0 Å². The van der Waals surface area contributed by atoms with Gasteiger partial charge in [-0.15, -0.1) is 0 Å². The zero-order valence-corrected chi connectivity index (χ0v) is 9.41. The minimum Gasteiger partial charge on any atom is -0.448 e. The third kappa shape index (κ3) is 2.95. The van der Waals surface area contributed by atoms with Gasteiger partial charge in [0.1, 0.15) is 12.0 Å². The SMILES string of the molecule is CCc1nc(/C=C/C2CCCCC2)co1. The van der Waals surface area contributed by atoms with E-state index in [9.17, 15) is 0 Å². The Morgan fingerprint density at radius 1 is 1.40 bits per heavy atom. The Balaban J connectivity index is 1.91. The van der Waals surface area contributed by atoms with Crippen LogP contribution in [0.2, 0.25) is 0 Å². The van der Waals surface area contributed by atoms with Gasteiger partial charge in [0.25, 0.3) is 0 Å². The molecule has 1 aliphatic rings. The number of rotatable bonds is 3. The average molecular weight is 205 g/mol. The zero-order chi connectivity index (χ0) is 10.5. The lowest BCUT2D eigenvalue weighted by Gasteiger charge is -2.17. The number of aromatic nitrogens is 1. The van der Waals surface area contributed by atoms with Crippen LogP contribution in [0.1, 0.15) is 50.6 Å². The third-order valence-electron chi connectivity index (χ3n) is 3.06. The molecular formula is C13H19NO. The van der Waals surface area contributed by atoms with Crippen LogP contribution >= 0.6 is 0 Å². The topological polar surface area (TPSA) is 26.0 Å². The third-order valence-corrected chi connectivity index (χ3v) is 3.06. The minimum atomic E-state index is 0.764. The van der Waals surface area contributed by atoms with Crippen LogP contribution in [0.3, 0.4) is 0 Å². The molecular weight excluding hydrogens is 186 g/mol. The van der Waals surface area contributed by atoms with Crippen molar-refractivity contribution in [3.8, 4) is 0 Å². The fraction of sp³-hybridized carbons (Fsp3) is 0.615. The molecule has 1 aromatic rings. The van der Waals surface area contributed by atoms with E-state index in [4.69, 9.17) is 4.42 Å². The van der Waals surface area contributed by atoms with E-state index in [2.05, 4.69) is 24.1 Å². The Morgan fingerprint density at radius 3 is 2.87 bits per heavy atom. The molecule has 0 N–H and O–H groups in total. The molecule has 1 fully saturated rings. The largest absolute Gasteiger partial charge is 0.448 e. The van der Waals surface area contributed by atoms with Gasteiger partial charge >= 0.3 is 0 Å². The number of hydrogen-bond acceptors (Lipinski definition) is 2. The Bertz CT molecular complexity index is 321. The van der Waals surface area contributed by atoms with Crippen molar-refractivity contribution >= 4 is 6.08 Å². The summed E-state index contributed by atoms with van der Waals surface area (Å²) in [6.45, 7) is 2.06. The summed E-state index contributed by atoms with van der Waals surface area (Å²) in [5.74, 6) is 1.60. The van der Waals surface area contributed by atoms with Crippen molar-refractivity contribution in [1.82, 2.24) is 4.98 Å². The molecule has 2 nitrogen and oxygen atoms in total. The maximum atomic E-state index is 5.29. The van der Waals surface area contributed by atoms with Crippen molar-refractivity contribution in [2.24, 2.45) is 5.92 Å². The fourth-order valence-corrected chi connectivity index (χ4v) is 2.13. The molecule has 2 rings (SSSR count). The van der Waals surface area contributed by atoms with Gasteiger partial charge in [-0.05, 0) is 24.8 Å². The standard InChI is InChI=1S/C13H19NO/c1-2-13-14-12(10-15-13)9-8-11-6-4-3-5-7-11/h8-11H,2-7H2,1H3/b9-8+. The van der Waals surface area contributed by atoms with Crippen LogP contribution in [0.4, 0.5) is 0 Å². The van der Waals surface area contributed by atoms with E-state index in [1.165, 1.54) is 32.1 Å². The predicted octanol–water partition coefficient (Wildman–Crippen LogP) is 3.83. The predicted molar refractivity (Wildman–Crippen MR) is 61.5 cm³/mol. The smallest absolute Gasteiger partial charge is 0.194 e. The molecule has 2 heteroatoms. The van der Waals surface area contributed by atoms with Crippen molar-refractivity contribution in [2.45, 2.75) is 45.4 Å². The summed E-state index contributed by atoms with van der Waals surface area (Å²) in [7, 11) is 0. The van der Waals surface area contributed by atoms with Gasteiger partial charge in [-0.1, -0.05) is 32.3 Å². The van der Waals surface area contributed by atoms with Gasteiger partial charge < -0.3 is 4.42 Å². The number of aryl methyl sites for hydroxylation is 1. The lowest BCUT2D eigenvalue weighted by Crippen LogP contribution is -2.02. The fourth-order valence-electron chi connectivity index (χ4n) is 2.13. The van der Waals surface area contributed by atoms with E-state index >= 15 is 0 Å². The highest BCUT2D eigenvalue weighted by atomic mass is 16.3. The Morgan fingerprint density at radius 2 is 2.20 bits per heavy atom. The molecule has 0 radical (unpaired) electrons. The van der Waals surface area contributed by atoms with Crippen molar-refractivity contribution in [1.29, 1.82) is 0 Å². The van der Waals surface area contributed by atoms with Crippen molar-refractivity contribution in [3.63, 3.8) is 0 Å². The number of hydrogen-bond donors (Lipinski definition) is 0. The maximum absolute atomic E-state index is 5.29. The minimum absolute atomic E-state index is 0.764. The van der Waals surface area contributed by atoms with Crippen molar-refractivity contribution < 1.29 is 4.42 Å². The Kier molecular flexibility index (Phi) is 3.59. The highest BCUT2D eigenvalue weighted by Gasteiger charge is 2.09. The van der Waals surface area contributed by atoms with E-state index in [1.807, 2.05) is 0 Å². The first-order valence-corrected chi connectivity index (χ1v) is 6.01. The average Bonchev–Trinajstić information content (AvgIpc) is 2.76. The highest BCUT2D eigenvalue weighted by Crippen LogP contribution is 2.25. The molecule has 15 heavy (non-hydrogen) atoms. The lowest BCUT2D eigenvalue weighted by atomic mass is 9.89. The first-order chi connectivity index (χ1) is 7.38. The quantitative estimate of drug-likeness (QED) is 0.749. The van der Waals surface area contributed by atoms with Crippen LogP contribution in [0.15, 0.2) is 16.8 Å². The number of nitrogens with zero attached hydrogens (tertiary/aromatic N) is 1. The molecule has 0 saturated heterocycles. The van der Waals surface area contributed by atoms with E-state index in [1.54, 1.807) is 6.26 Å². The second kappa shape index (κ2) is 5.15. The van der Waals surface area contributed by atoms with Gasteiger partial charge in [0.05, 0.1) is 0 Å². The van der Waals surface area contributed by atoms with Crippen LogP contribution < -0.4 is 0 Å².